The average molecular weight is 331 g/mol. The topological polar surface area (TPSA) is 12.0 Å². The smallest absolute Gasteiger partial charge is 0.124 e. The molecule has 0 saturated heterocycles. The molecule has 0 aromatic heterocycles. The predicted octanol–water partition coefficient (Wildman–Crippen LogP) is 4.03. The number of halogens is 2. The predicted molar refractivity (Wildman–Crippen MR) is 72.0 cm³/mol. The highest BCUT2D eigenvalue weighted by molar-refractivity contribution is 14.1. The van der Waals surface area contributed by atoms with Gasteiger partial charge in [0, 0.05) is 15.3 Å². The van der Waals surface area contributed by atoms with Gasteiger partial charge in [0.05, 0.1) is 0 Å². The summed E-state index contributed by atoms with van der Waals surface area (Å²) in [6, 6.07) is 5.62. The van der Waals surface area contributed by atoms with Gasteiger partial charge in [-0.15, -0.1) is 0 Å². The minimum atomic E-state index is -0.150. The summed E-state index contributed by atoms with van der Waals surface area (Å²) in [6.45, 7) is 0. The van der Waals surface area contributed by atoms with Crippen LogP contribution in [0.5, 0.6) is 0 Å². The lowest BCUT2D eigenvalue weighted by molar-refractivity contribution is 0.439. The monoisotopic (exact) mass is 331 g/mol. The van der Waals surface area contributed by atoms with Gasteiger partial charge in [0.2, 0.25) is 0 Å². The second-order valence-corrected chi connectivity index (χ2v) is 6.21. The van der Waals surface area contributed by atoms with Crippen LogP contribution in [0, 0.1) is 21.2 Å². The minimum absolute atomic E-state index is 0.150. The van der Waals surface area contributed by atoms with E-state index in [2.05, 4.69) is 27.9 Å². The Kier molecular flexibility index (Phi) is 2.81. The van der Waals surface area contributed by atoms with Crippen LogP contribution in [-0.2, 0) is 0 Å². The van der Waals surface area contributed by atoms with Gasteiger partial charge in [-0.05, 0) is 71.9 Å². The third kappa shape index (κ3) is 1.94. The van der Waals surface area contributed by atoms with Crippen molar-refractivity contribution in [2.75, 3.05) is 5.32 Å². The lowest BCUT2D eigenvalue weighted by Crippen LogP contribution is -2.26. The van der Waals surface area contributed by atoms with E-state index in [1.54, 1.807) is 6.07 Å². The molecule has 1 nitrogen and oxygen atoms in total. The standard InChI is InChI=1S/C13H15FIN/c14-10-3-4-12(11(15)7-10)16-13-6-8-1-2-9(13)5-8/h3-4,7-9,13,16H,1-2,5-6H2. The SMILES string of the molecule is Fc1ccc(NC2CC3CCC2C3)c(I)c1. The van der Waals surface area contributed by atoms with Gasteiger partial charge in [-0.25, -0.2) is 4.39 Å². The Morgan fingerprint density at radius 1 is 1.25 bits per heavy atom. The molecule has 0 aliphatic heterocycles. The number of rotatable bonds is 2. The van der Waals surface area contributed by atoms with Gasteiger partial charge in [-0.2, -0.15) is 0 Å². The quantitative estimate of drug-likeness (QED) is 0.807. The minimum Gasteiger partial charge on any atom is -0.381 e. The summed E-state index contributed by atoms with van der Waals surface area (Å²) in [5.74, 6) is 1.65. The largest absolute Gasteiger partial charge is 0.381 e. The normalized spacial score (nSPS) is 32.0. The zero-order chi connectivity index (χ0) is 11.1. The Hall–Kier alpha value is -0.320. The molecule has 2 aliphatic carbocycles. The van der Waals surface area contributed by atoms with Crippen LogP contribution < -0.4 is 5.32 Å². The number of hydrogen-bond donors (Lipinski definition) is 1. The molecule has 0 heterocycles. The third-order valence-electron chi connectivity index (χ3n) is 4.01. The summed E-state index contributed by atoms with van der Waals surface area (Å²) in [5, 5.41) is 3.59. The Morgan fingerprint density at radius 3 is 2.75 bits per heavy atom. The van der Waals surface area contributed by atoms with Crippen LogP contribution in [0.1, 0.15) is 25.7 Å². The van der Waals surface area contributed by atoms with Gasteiger partial charge in [0.15, 0.2) is 0 Å². The van der Waals surface area contributed by atoms with E-state index in [0.29, 0.717) is 6.04 Å². The average Bonchev–Trinajstić information content (AvgIpc) is 2.84. The number of hydrogen-bond acceptors (Lipinski definition) is 1. The van der Waals surface area contributed by atoms with Crippen molar-refractivity contribution in [3.63, 3.8) is 0 Å². The lowest BCUT2D eigenvalue weighted by atomic mass is 9.95. The molecule has 1 aromatic carbocycles. The Balaban J connectivity index is 1.74. The Morgan fingerprint density at radius 2 is 2.12 bits per heavy atom. The Labute approximate surface area is 109 Å². The zero-order valence-electron chi connectivity index (χ0n) is 9.05. The van der Waals surface area contributed by atoms with Crippen molar-refractivity contribution in [2.24, 2.45) is 11.8 Å². The molecular formula is C13H15FIN. The molecule has 0 amide bonds. The lowest BCUT2D eigenvalue weighted by Gasteiger charge is -2.24. The van der Waals surface area contributed by atoms with E-state index in [4.69, 9.17) is 0 Å². The fourth-order valence-corrected chi connectivity index (χ4v) is 3.86. The Bertz CT molecular complexity index is 407. The van der Waals surface area contributed by atoms with E-state index in [9.17, 15) is 4.39 Å². The van der Waals surface area contributed by atoms with E-state index < -0.39 is 0 Å². The van der Waals surface area contributed by atoms with Crippen molar-refractivity contribution >= 4 is 28.3 Å². The molecule has 2 bridgehead atoms. The molecule has 3 heteroatoms. The molecule has 1 aromatic rings. The third-order valence-corrected chi connectivity index (χ3v) is 4.90. The maximum Gasteiger partial charge on any atom is 0.124 e. The van der Waals surface area contributed by atoms with E-state index in [-0.39, 0.29) is 5.82 Å². The first kappa shape index (κ1) is 10.8. The maximum atomic E-state index is 13.0. The van der Waals surface area contributed by atoms with Crippen LogP contribution in [-0.4, -0.2) is 6.04 Å². The summed E-state index contributed by atoms with van der Waals surface area (Å²) in [6.07, 6.45) is 5.50. The van der Waals surface area contributed by atoms with Crippen molar-refractivity contribution in [2.45, 2.75) is 31.7 Å². The summed E-state index contributed by atoms with van der Waals surface area (Å²) in [4.78, 5) is 0. The first-order chi connectivity index (χ1) is 7.72. The fraction of sp³-hybridized carbons (Fsp3) is 0.538. The van der Waals surface area contributed by atoms with Gasteiger partial charge < -0.3 is 5.32 Å². The highest BCUT2D eigenvalue weighted by atomic mass is 127. The summed E-state index contributed by atoms with van der Waals surface area (Å²) >= 11 is 2.20. The number of fused-ring (bicyclic) bond motifs is 2. The van der Waals surface area contributed by atoms with Gasteiger partial charge in [0.1, 0.15) is 5.82 Å². The number of anilines is 1. The second kappa shape index (κ2) is 4.17. The van der Waals surface area contributed by atoms with Crippen molar-refractivity contribution in [1.29, 1.82) is 0 Å². The molecule has 0 radical (unpaired) electrons. The molecule has 2 aliphatic rings. The van der Waals surface area contributed by atoms with Crippen molar-refractivity contribution < 1.29 is 4.39 Å². The van der Waals surface area contributed by atoms with Gasteiger partial charge in [0.25, 0.3) is 0 Å². The van der Waals surface area contributed by atoms with Crippen LogP contribution in [0.25, 0.3) is 0 Å². The molecule has 0 spiro atoms. The molecule has 1 N–H and O–H groups in total. The van der Waals surface area contributed by atoms with E-state index in [1.807, 2.05) is 6.07 Å². The zero-order valence-corrected chi connectivity index (χ0v) is 11.2. The molecule has 3 rings (SSSR count). The molecule has 86 valence electrons. The van der Waals surface area contributed by atoms with Crippen LogP contribution in [0.2, 0.25) is 0 Å². The maximum absolute atomic E-state index is 13.0. The van der Waals surface area contributed by atoms with Crippen LogP contribution in [0.15, 0.2) is 18.2 Å². The molecule has 3 unspecified atom stereocenters. The van der Waals surface area contributed by atoms with Crippen LogP contribution >= 0.6 is 22.6 Å². The van der Waals surface area contributed by atoms with Crippen molar-refractivity contribution in [3.8, 4) is 0 Å². The molecule has 16 heavy (non-hydrogen) atoms. The highest BCUT2D eigenvalue weighted by Crippen LogP contribution is 2.45. The van der Waals surface area contributed by atoms with Gasteiger partial charge in [-0.1, -0.05) is 6.42 Å². The van der Waals surface area contributed by atoms with Crippen molar-refractivity contribution in [1.82, 2.24) is 0 Å². The first-order valence-electron chi connectivity index (χ1n) is 5.94. The van der Waals surface area contributed by atoms with E-state index in [0.717, 1.165) is 21.1 Å². The number of benzene rings is 1. The molecule has 3 atom stereocenters. The second-order valence-electron chi connectivity index (χ2n) is 5.05. The summed E-state index contributed by atoms with van der Waals surface area (Å²) in [7, 11) is 0. The van der Waals surface area contributed by atoms with Crippen LogP contribution in [0.4, 0.5) is 10.1 Å². The molecule has 2 saturated carbocycles. The highest BCUT2D eigenvalue weighted by Gasteiger charge is 2.39. The van der Waals surface area contributed by atoms with Gasteiger partial charge >= 0.3 is 0 Å². The summed E-state index contributed by atoms with van der Waals surface area (Å²) < 4.78 is 14.0. The van der Waals surface area contributed by atoms with Crippen LogP contribution in [0.3, 0.4) is 0 Å². The molecular weight excluding hydrogens is 316 g/mol. The molecule has 2 fully saturated rings. The fourth-order valence-electron chi connectivity index (χ4n) is 3.23. The summed E-state index contributed by atoms with van der Waals surface area (Å²) in [5.41, 5.74) is 1.10. The number of nitrogens with one attached hydrogen (secondary N) is 1. The van der Waals surface area contributed by atoms with Crippen molar-refractivity contribution in [3.05, 3.63) is 27.6 Å². The van der Waals surface area contributed by atoms with E-state index in [1.165, 1.54) is 31.7 Å². The van der Waals surface area contributed by atoms with E-state index >= 15 is 0 Å². The first-order valence-corrected chi connectivity index (χ1v) is 7.02. The van der Waals surface area contributed by atoms with Gasteiger partial charge in [-0.3, -0.25) is 0 Å².